The molecule has 0 saturated heterocycles. The molecule has 3 aromatic carbocycles. The van der Waals surface area contributed by atoms with E-state index in [9.17, 15) is 9.59 Å². The second-order valence-corrected chi connectivity index (χ2v) is 6.57. The van der Waals surface area contributed by atoms with Crippen LogP contribution in [0.25, 0.3) is 11.1 Å². The lowest BCUT2D eigenvalue weighted by molar-refractivity contribution is -0.114. The third-order valence-electron chi connectivity index (χ3n) is 4.30. The van der Waals surface area contributed by atoms with Crippen molar-refractivity contribution in [1.29, 1.82) is 0 Å². The number of urea groups is 1. The molecule has 3 rings (SSSR count). The van der Waals surface area contributed by atoms with Crippen LogP contribution in [0, 0.1) is 0 Å². The molecule has 0 bridgehead atoms. The number of nitrogens with one attached hydrogen (secondary N) is 3. The van der Waals surface area contributed by atoms with Crippen molar-refractivity contribution in [3.05, 3.63) is 84.4 Å². The zero-order chi connectivity index (χ0) is 19.9. The molecule has 0 spiro atoms. The van der Waals surface area contributed by atoms with E-state index in [2.05, 4.69) is 16.0 Å². The lowest BCUT2D eigenvalue weighted by Crippen LogP contribution is -2.31. The molecule has 0 aliphatic carbocycles. The number of amides is 3. The lowest BCUT2D eigenvalue weighted by atomic mass is 10.1. The monoisotopic (exact) mass is 373 g/mol. The maximum atomic E-state index is 12.3. The van der Waals surface area contributed by atoms with E-state index in [1.54, 1.807) is 0 Å². The number of carbonyl (C=O) groups is 2. The van der Waals surface area contributed by atoms with Crippen LogP contribution >= 0.6 is 0 Å². The van der Waals surface area contributed by atoms with Crippen molar-refractivity contribution in [3.63, 3.8) is 0 Å². The average Bonchev–Trinajstić information content (AvgIpc) is 2.69. The van der Waals surface area contributed by atoms with Gasteiger partial charge in [0.25, 0.3) is 0 Å². The standard InChI is InChI=1S/C23H23N3O2/c1-16(20-9-6-10-22(15-20)25-17(2)27)24-23(28)26-21-13-11-19(12-14-21)18-7-4-3-5-8-18/h3-16H,1-2H3,(H,25,27)(H2,24,26,28)/t16-/m0/s1. The van der Waals surface area contributed by atoms with Crippen molar-refractivity contribution in [2.75, 3.05) is 10.6 Å². The predicted molar refractivity (Wildman–Crippen MR) is 113 cm³/mol. The zero-order valence-electron chi connectivity index (χ0n) is 15.9. The first kappa shape index (κ1) is 19.2. The number of hydrogen-bond donors (Lipinski definition) is 3. The van der Waals surface area contributed by atoms with Gasteiger partial charge in [0.2, 0.25) is 5.91 Å². The Morgan fingerprint density at radius 2 is 1.43 bits per heavy atom. The summed E-state index contributed by atoms with van der Waals surface area (Å²) in [6, 6.07) is 24.7. The van der Waals surface area contributed by atoms with Gasteiger partial charge in [0.15, 0.2) is 0 Å². The van der Waals surface area contributed by atoms with Gasteiger partial charge in [-0.1, -0.05) is 54.6 Å². The molecule has 0 aromatic heterocycles. The van der Waals surface area contributed by atoms with Gasteiger partial charge in [-0.2, -0.15) is 0 Å². The predicted octanol–water partition coefficient (Wildman–Crippen LogP) is 5.19. The number of carbonyl (C=O) groups excluding carboxylic acids is 2. The van der Waals surface area contributed by atoms with Crippen LogP contribution in [0.1, 0.15) is 25.5 Å². The van der Waals surface area contributed by atoms with E-state index >= 15 is 0 Å². The highest BCUT2D eigenvalue weighted by Crippen LogP contribution is 2.21. The van der Waals surface area contributed by atoms with Crippen molar-refractivity contribution in [2.24, 2.45) is 0 Å². The third kappa shape index (κ3) is 5.20. The van der Waals surface area contributed by atoms with Crippen LogP contribution in [0.4, 0.5) is 16.2 Å². The van der Waals surface area contributed by atoms with Crippen LogP contribution in [0.5, 0.6) is 0 Å². The highest BCUT2D eigenvalue weighted by atomic mass is 16.2. The topological polar surface area (TPSA) is 70.2 Å². The Balaban J connectivity index is 1.60. The summed E-state index contributed by atoms with van der Waals surface area (Å²) in [4.78, 5) is 23.5. The minimum atomic E-state index is -0.287. The SMILES string of the molecule is CC(=O)Nc1cccc([C@H](C)NC(=O)Nc2ccc(-c3ccccc3)cc2)c1. The molecule has 1 atom stereocenters. The molecule has 28 heavy (non-hydrogen) atoms. The number of hydrogen-bond acceptors (Lipinski definition) is 2. The summed E-state index contributed by atoms with van der Waals surface area (Å²) in [7, 11) is 0. The summed E-state index contributed by atoms with van der Waals surface area (Å²) in [5.74, 6) is -0.130. The van der Waals surface area contributed by atoms with Crippen molar-refractivity contribution in [2.45, 2.75) is 19.9 Å². The fourth-order valence-electron chi connectivity index (χ4n) is 2.91. The highest BCUT2D eigenvalue weighted by Gasteiger charge is 2.10. The van der Waals surface area contributed by atoms with Crippen LogP contribution in [-0.2, 0) is 4.79 Å². The van der Waals surface area contributed by atoms with Crippen LogP contribution in [-0.4, -0.2) is 11.9 Å². The van der Waals surface area contributed by atoms with Crippen LogP contribution in [0.3, 0.4) is 0 Å². The Bertz CT molecular complexity index is 953. The Morgan fingerprint density at radius 1 is 0.750 bits per heavy atom. The van der Waals surface area contributed by atoms with Crippen molar-refractivity contribution < 1.29 is 9.59 Å². The maximum absolute atomic E-state index is 12.3. The smallest absolute Gasteiger partial charge is 0.319 e. The number of anilines is 2. The Hall–Kier alpha value is -3.60. The fourth-order valence-corrected chi connectivity index (χ4v) is 2.91. The van der Waals surface area contributed by atoms with E-state index < -0.39 is 0 Å². The molecule has 0 aliphatic rings. The molecule has 3 amide bonds. The van der Waals surface area contributed by atoms with Gasteiger partial charge >= 0.3 is 6.03 Å². The maximum Gasteiger partial charge on any atom is 0.319 e. The molecule has 0 heterocycles. The first-order valence-corrected chi connectivity index (χ1v) is 9.12. The van der Waals surface area contributed by atoms with Crippen LogP contribution in [0.2, 0.25) is 0 Å². The first-order valence-electron chi connectivity index (χ1n) is 9.12. The van der Waals surface area contributed by atoms with Gasteiger partial charge in [-0.05, 0) is 47.9 Å². The second-order valence-electron chi connectivity index (χ2n) is 6.57. The van der Waals surface area contributed by atoms with E-state index in [0.717, 1.165) is 22.4 Å². The normalized spacial score (nSPS) is 11.4. The van der Waals surface area contributed by atoms with Gasteiger partial charge in [0.1, 0.15) is 0 Å². The van der Waals surface area contributed by atoms with Gasteiger partial charge in [-0.3, -0.25) is 4.79 Å². The van der Waals surface area contributed by atoms with E-state index in [-0.39, 0.29) is 18.0 Å². The van der Waals surface area contributed by atoms with E-state index in [4.69, 9.17) is 0 Å². The second kappa shape index (κ2) is 8.86. The zero-order valence-corrected chi connectivity index (χ0v) is 15.9. The van der Waals surface area contributed by atoms with Gasteiger partial charge in [-0.15, -0.1) is 0 Å². The fraction of sp³-hybridized carbons (Fsp3) is 0.130. The Kier molecular flexibility index (Phi) is 6.07. The van der Waals surface area contributed by atoms with Gasteiger partial charge in [0.05, 0.1) is 6.04 Å². The van der Waals surface area contributed by atoms with Crippen LogP contribution in [0.15, 0.2) is 78.9 Å². The molecular weight excluding hydrogens is 350 g/mol. The van der Waals surface area contributed by atoms with E-state index in [1.807, 2.05) is 85.8 Å². The van der Waals surface area contributed by atoms with Gasteiger partial charge in [0, 0.05) is 18.3 Å². The van der Waals surface area contributed by atoms with Crippen molar-refractivity contribution in [1.82, 2.24) is 5.32 Å². The summed E-state index contributed by atoms with van der Waals surface area (Å²) in [5, 5.41) is 8.50. The molecular formula is C23H23N3O2. The quantitative estimate of drug-likeness (QED) is 0.576. The van der Waals surface area contributed by atoms with Crippen molar-refractivity contribution in [3.8, 4) is 11.1 Å². The molecule has 0 unspecified atom stereocenters. The molecule has 5 heteroatoms. The molecule has 142 valence electrons. The summed E-state index contributed by atoms with van der Waals surface area (Å²) in [6.45, 7) is 3.36. The summed E-state index contributed by atoms with van der Waals surface area (Å²) >= 11 is 0. The van der Waals surface area contributed by atoms with E-state index in [1.165, 1.54) is 6.92 Å². The average molecular weight is 373 g/mol. The summed E-state index contributed by atoms with van der Waals surface area (Å²) in [6.07, 6.45) is 0. The van der Waals surface area contributed by atoms with Gasteiger partial charge in [-0.25, -0.2) is 4.79 Å². The molecule has 0 fully saturated rings. The summed E-state index contributed by atoms with van der Waals surface area (Å²) < 4.78 is 0. The third-order valence-corrected chi connectivity index (χ3v) is 4.30. The molecule has 3 N–H and O–H groups in total. The lowest BCUT2D eigenvalue weighted by Gasteiger charge is -2.16. The molecule has 5 nitrogen and oxygen atoms in total. The van der Waals surface area contributed by atoms with Crippen LogP contribution < -0.4 is 16.0 Å². The number of benzene rings is 3. The Morgan fingerprint density at radius 3 is 2.11 bits per heavy atom. The molecule has 0 aliphatic heterocycles. The minimum Gasteiger partial charge on any atom is -0.331 e. The largest absolute Gasteiger partial charge is 0.331 e. The highest BCUT2D eigenvalue weighted by molar-refractivity contribution is 5.90. The molecule has 0 radical (unpaired) electrons. The molecule has 0 saturated carbocycles. The number of rotatable bonds is 5. The van der Waals surface area contributed by atoms with Gasteiger partial charge < -0.3 is 16.0 Å². The summed E-state index contributed by atoms with van der Waals surface area (Å²) in [5.41, 5.74) is 4.55. The first-order chi connectivity index (χ1) is 13.5. The Labute approximate surface area is 164 Å². The minimum absolute atomic E-state index is 0.130. The van der Waals surface area contributed by atoms with E-state index in [0.29, 0.717) is 5.69 Å². The molecule has 3 aromatic rings. The van der Waals surface area contributed by atoms with Crippen molar-refractivity contribution >= 4 is 23.3 Å².